The van der Waals surface area contributed by atoms with E-state index in [2.05, 4.69) is 27.7 Å². The summed E-state index contributed by atoms with van der Waals surface area (Å²) in [5, 5.41) is 9.31. The van der Waals surface area contributed by atoms with Gasteiger partial charge in [0, 0.05) is 6.42 Å². The van der Waals surface area contributed by atoms with E-state index in [1.165, 1.54) is 186 Å². The third-order valence-electron chi connectivity index (χ3n) is 9.91. The lowest BCUT2D eigenvalue weighted by atomic mass is 9.94. The molecular weight excluding hydrogens is 592 g/mol. The van der Waals surface area contributed by atoms with Gasteiger partial charge in [-0.05, 0) is 25.7 Å². The SMILES string of the molecule is CCCCCCCCCCCCCCC(CCCCCC)C(=O)O.CCCCCCCCCCCCCCCC(=O)OCCCCCC. The average molecular weight is 681 g/mol. The molecule has 0 rings (SSSR count). The first-order chi connectivity index (χ1) is 23.5. The number of hydrogen-bond acceptors (Lipinski definition) is 3. The summed E-state index contributed by atoms with van der Waals surface area (Å²) in [6, 6.07) is 0. The summed E-state index contributed by atoms with van der Waals surface area (Å²) in [4.78, 5) is 22.9. The van der Waals surface area contributed by atoms with E-state index in [0.29, 0.717) is 13.0 Å². The van der Waals surface area contributed by atoms with Crippen molar-refractivity contribution in [3.63, 3.8) is 0 Å². The Morgan fingerprint density at radius 3 is 1.00 bits per heavy atom. The normalized spacial score (nSPS) is 11.7. The Morgan fingerprint density at radius 1 is 0.396 bits per heavy atom. The maximum Gasteiger partial charge on any atom is 0.306 e. The second kappa shape index (κ2) is 44.0. The van der Waals surface area contributed by atoms with Crippen LogP contribution in [0.3, 0.4) is 0 Å². The summed E-state index contributed by atoms with van der Waals surface area (Å²) < 4.78 is 5.26. The summed E-state index contributed by atoms with van der Waals surface area (Å²) in [5.74, 6) is -0.658. The summed E-state index contributed by atoms with van der Waals surface area (Å²) in [6.07, 6.45) is 45.4. The smallest absolute Gasteiger partial charge is 0.306 e. The molecule has 288 valence electrons. The van der Waals surface area contributed by atoms with Gasteiger partial charge < -0.3 is 9.84 Å². The number of carboxylic acids is 1. The lowest BCUT2D eigenvalue weighted by Crippen LogP contribution is -2.13. The van der Waals surface area contributed by atoms with Gasteiger partial charge in [0.05, 0.1) is 12.5 Å². The highest BCUT2D eigenvalue weighted by Gasteiger charge is 2.16. The van der Waals surface area contributed by atoms with E-state index in [1.54, 1.807) is 0 Å². The van der Waals surface area contributed by atoms with Crippen LogP contribution in [0.4, 0.5) is 0 Å². The Bertz CT molecular complexity index is 617. The van der Waals surface area contributed by atoms with Crippen LogP contribution in [0, 0.1) is 5.92 Å². The van der Waals surface area contributed by atoms with E-state index in [0.717, 1.165) is 38.5 Å². The molecule has 0 fully saturated rings. The molecular formula is C44H88O4. The molecule has 0 aliphatic carbocycles. The monoisotopic (exact) mass is 681 g/mol. The predicted molar refractivity (Wildman–Crippen MR) is 211 cm³/mol. The summed E-state index contributed by atoms with van der Waals surface area (Å²) >= 11 is 0. The Balaban J connectivity index is 0. The van der Waals surface area contributed by atoms with Gasteiger partial charge in [0.1, 0.15) is 0 Å². The van der Waals surface area contributed by atoms with Gasteiger partial charge in [0.15, 0.2) is 0 Å². The van der Waals surface area contributed by atoms with Crippen LogP contribution in [0.5, 0.6) is 0 Å². The fourth-order valence-electron chi connectivity index (χ4n) is 6.51. The van der Waals surface area contributed by atoms with Crippen molar-refractivity contribution in [2.45, 2.75) is 259 Å². The van der Waals surface area contributed by atoms with Crippen molar-refractivity contribution in [1.82, 2.24) is 0 Å². The largest absolute Gasteiger partial charge is 0.481 e. The number of aliphatic carboxylic acids is 1. The van der Waals surface area contributed by atoms with Crippen LogP contribution in [0.15, 0.2) is 0 Å². The van der Waals surface area contributed by atoms with E-state index >= 15 is 0 Å². The molecule has 48 heavy (non-hydrogen) atoms. The zero-order valence-electron chi connectivity index (χ0n) is 33.4. The molecule has 0 saturated carbocycles. The van der Waals surface area contributed by atoms with Gasteiger partial charge in [-0.2, -0.15) is 0 Å². The maximum atomic E-state index is 11.6. The van der Waals surface area contributed by atoms with Gasteiger partial charge in [-0.1, -0.05) is 227 Å². The van der Waals surface area contributed by atoms with Gasteiger partial charge in [-0.3, -0.25) is 9.59 Å². The van der Waals surface area contributed by atoms with Crippen molar-refractivity contribution < 1.29 is 19.4 Å². The van der Waals surface area contributed by atoms with Crippen LogP contribution in [-0.2, 0) is 14.3 Å². The van der Waals surface area contributed by atoms with Gasteiger partial charge in [-0.15, -0.1) is 0 Å². The van der Waals surface area contributed by atoms with Crippen molar-refractivity contribution in [1.29, 1.82) is 0 Å². The Labute approximate surface area is 302 Å². The molecule has 0 bridgehead atoms. The van der Waals surface area contributed by atoms with Gasteiger partial charge in [-0.25, -0.2) is 0 Å². The van der Waals surface area contributed by atoms with Crippen LogP contribution in [0.2, 0.25) is 0 Å². The molecule has 0 amide bonds. The molecule has 1 atom stereocenters. The van der Waals surface area contributed by atoms with Crippen LogP contribution in [0.25, 0.3) is 0 Å². The number of ether oxygens (including phenoxy) is 1. The van der Waals surface area contributed by atoms with Crippen molar-refractivity contribution >= 4 is 11.9 Å². The third-order valence-corrected chi connectivity index (χ3v) is 9.91. The lowest BCUT2D eigenvalue weighted by molar-refractivity contribution is -0.144. The van der Waals surface area contributed by atoms with Crippen LogP contribution < -0.4 is 0 Å². The van der Waals surface area contributed by atoms with E-state index in [4.69, 9.17) is 4.74 Å². The van der Waals surface area contributed by atoms with E-state index < -0.39 is 5.97 Å². The Kier molecular flexibility index (Phi) is 44.9. The predicted octanol–water partition coefficient (Wildman–Crippen LogP) is 15.3. The lowest BCUT2D eigenvalue weighted by Gasteiger charge is -2.12. The second-order valence-corrected chi connectivity index (χ2v) is 14.8. The zero-order valence-corrected chi connectivity index (χ0v) is 33.4. The highest BCUT2D eigenvalue weighted by molar-refractivity contribution is 5.69. The van der Waals surface area contributed by atoms with Crippen LogP contribution in [0.1, 0.15) is 259 Å². The van der Waals surface area contributed by atoms with Crippen molar-refractivity contribution in [3.8, 4) is 0 Å². The maximum absolute atomic E-state index is 11.6. The minimum absolute atomic E-state index is 0.00886. The molecule has 0 spiro atoms. The zero-order chi connectivity index (χ0) is 35.6. The second-order valence-electron chi connectivity index (χ2n) is 14.8. The first-order valence-corrected chi connectivity index (χ1v) is 21.9. The molecule has 0 aromatic carbocycles. The first kappa shape index (κ1) is 49.1. The number of hydrogen-bond donors (Lipinski definition) is 1. The van der Waals surface area contributed by atoms with Gasteiger partial charge >= 0.3 is 11.9 Å². The molecule has 0 heterocycles. The molecule has 0 radical (unpaired) electrons. The average Bonchev–Trinajstić information content (AvgIpc) is 3.08. The number of esters is 1. The molecule has 0 aromatic heterocycles. The van der Waals surface area contributed by atoms with Crippen molar-refractivity contribution in [2.75, 3.05) is 6.61 Å². The quantitative estimate of drug-likeness (QED) is 0.0521. The van der Waals surface area contributed by atoms with E-state index in [1.807, 2.05) is 0 Å². The minimum Gasteiger partial charge on any atom is -0.481 e. The first-order valence-electron chi connectivity index (χ1n) is 21.9. The Hall–Kier alpha value is -1.06. The standard InChI is InChI=1S/2C22H44O2/c1-3-5-7-9-10-11-12-13-14-15-16-17-18-20-22(23)24-21-19-8-6-4-2;1-3-5-7-9-10-11-12-13-14-15-16-18-20-21(22(23)24)19-17-8-6-4-2/h3-21H2,1-2H3;21H,3-20H2,1-2H3,(H,23,24). The highest BCUT2D eigenvalue weighted by Crippen LogP contribution is 2.20. The molecule has 1 N–H and O–H groups in total. The number of unbranched alkanes of at least 4 members (excludes halogenated alkanes) is 29. The van der Waals surface area contributed by atoms with Gasteiger partial charge in [0.2, 0.25) is 0 Å². The third kappa shape index (κ3) is 43.0. The fraction of sp³-hybridized carbons (Fsp3) is 0.955. The molecule has 0 aliphatic heterocycles. The summed E-state index contributed by atoms with van der Waals surface area (Å²) in [5.41, 5.74) is 0. The molecule has 4 heteroatoms. The van der Waals surface area contributed by atoms with Crippen molar-refractivity contribution in [3.05, 3.63) is 0 Å². The number of carbonyl (C=O) groups is 2. The molecule has 0 saturated heterocycles. The van der Waals surface area contributed by atoms with Crippen LogP contribution in [-0.4, -0.2) is 23.7 Å². The highest BCUT2D eigenvalue weighted by atomic mass is 16.5. The number of carbonyl (C=O) groups excluding carboxylic acids is 1. The minimum atomic E-state index is -0.574. The van der Waals surface area contributed by atoms with Gasteiger partial charge in [0.25, 0.3) is 0 Å². The molecule has 0 aliphatic rings. The molecule has 0 aromatic rings. The van der Waals surface area contributed by atoms with E-state index in [9.17, 15) is 14.7 Å². The van der Waals surface area contributed by atoms with Crippen molar-refractivity contribution in [2.24, 2.45) is 5.92 Å². The number of rotatable bonds is 38. The topological polar surface area (TPSA) is 63.6 Å². The fourth-order valence-corrected chi connectivity index (χ4v) is 6.51. The Morgan fingerprint density at radius 2 is 0.667 bits per heavy atom. The number of carboxylic acid groups (broad SMARTS) is 1. The van der Waals surface area contributed by atoms with E-state index in [-0.39, 0.29) is 11.9 Å². The van der Waals surface area contributed by atoms with Crippen LogP contribution >= 0.6 is 0 Å². The molecule has 1 unspecified atom stereocenters. The molecule has 4 nitrogen and oxygen atoms in total. The summed E-state index contributed by atoms with van der Waals surface area (Å²) in [7, 11) is 0. The summed E-state index contributed by atoms with van der Waals surface area (Å²) in [6.45, 7) is 9.56.